The molecule has 1 unspecified atom stereocenters. The molecule has 0 radical (unpaired) electrons. The molecule has 0 bridgehead atoms. The monoisotopic (exact) mass is 221 g/mol. The molecule has 16 heavy (non-hydrogen) atoms. The van der Waals surface area contributed by atoms with Crippen molar-refractivity contribution in [2.24, 2.45) is 5.92 Å². The predicted octanol–water partition coefficient (Wildman–Crippen LogP) is 1.86. The van der Waals surface area contributed by atoms with Crippen molar-refractivity contribution in [3.8, 4) is 0 Å². The normalized spacial score (nSPS) is 20.1. The zero-order valence-electron chi connectivity index (χ0n) is 9.52. The molecule has 0 amide bonds. The highest BCUT2D eigenvalue weighted by atomic mass is 16.5. The lowest BCUT2D eigenvalue weighted by Crippen LogP contribution is -2.11. The van der Waals surface area contributed by atoms with E-state index in [9.17, 15) is 0 Å². The van der Waals surface area contributed by atoms with Gasteiger partial charge in [-0.3, -0.25) is 0 Å². The standard InChI is InChI=1S/C13H19NO2/c14-13-4-2-1-3-12(13)6-8-16-10-11-5-7-15-9-11/h1-4,11H,5-10,14H2. The van der Waals surface area contributed by atoms with Crippen molar-refractivity contribution in [1.29, 1.82) is 0 Å². The van der Waals surface area contributed by atoms with Crippen LogP contribution >= 0.6 is 0 Å². The van der Waals surface area contributed by atoms with Gasteiger partial charge in [0.05, 0.1) is 19.8 Å². The van der Waals surface area contributed by atoms with E-state index < -0.39 is 0 Å². The molecule has 3 heteroatoms. The van der Waals surface area contributed by atoms with Gasteiger partial charge in [0.1, 0.15) is 0 Å². The average molecular weight is 221 g/mol. The van der Waals surface area contributed by atoms with Crippen LogP contribution in [0.1, 0.15) is 12.0 Å². The number of para-hydroxylation sites is 1. The van der Waals surface area contributed by atoms with E-state index in [0.29, 0.717) is 5.92 Å². The number of nitrogens with two attached hydrogens (primary N) is 1. The highest BCUT2D eigenvalue weighted by Crippen LogP contribution is 2.14. The van der Waals surface area contributed by atoms with Crippen LogP contribution in [0.4, 0.5) is 5.69 Å². The molecule has 1 aromatic rings. The molecular formula is C13H19NO2. The van der Waals surface area contributed by atoms with Crippen LogP contribution in [0.5, 0.6) is 0 Å². The molecule has 0 spiro atoms. The van der Waals surface area contributed by atoms with Crippen LogP contribution in [0.15, 0.2) is 24.3 Å². The van der Waals surface area contributed by atoms with Gasteiger partial charge >= 0.3 is 0 Å². The molecule has 1 heterocycles. The number of benzene rings is 1. The Balaban J connectivity index is 1.66. The summed E-state index contributed by atoms with van der Waals surface area (Å²) in [6.45, 7) is 3.30. The van der Waals surface area contributed by atoms with Crippen LogP contribution in [0.2, 0.25) is 0 Å². The molecule has 3 nitrogen and oxygen atoms in total. The molecule has 0 aliphatic carbocycles. The molecule has 1 aliphatic rings. The lowest BCUT2D eigenvalue weighted by molar-refractivity contribution is 0.0919. The Labute approximate surface area is 96.5 Å². The lowest BCUT2D eigenvalue weighted by atomic mass is 10.1. The third-order valence-corrected chi connectivity index (χ3v) is 2.95. The van der Waals surface area contributed by atoms with E-state index in [1.165, 1.54) is 5.56 Å². The first-order chi connectivity index (χ1) is 7.86. The van der Waals surface area contributed by atoms with Gasteiger partial charge in [-0.2, -0.15) is 0 Å². The fourth-order valence-corrected chi connectivity index (χ4v) is 1.91. The minimum atomic E-state index is 0.591. The zero-order valence-corrected chi connectivity index (χ0v) is 9.52. The summed E-state index contributed by atoms with van der Waals surface area (Å²) >= 11 is 0. The molecular weight excluding hydrogens is 202 g/mol. The van der Waals surface area contributed by atoms with Gasteiger partial charge < -0.3 is 15.2 Å². The van der Waals surface area contributed by atoms with Crippen LogP contribution in [-0.2, 0) is 15.9 Å². The third-order valence-electron chi connectivity index (χ3n) is 2.95. The number of hydrogen-bond donors (Lipinski definition) is 1. The fraction of sp³-hybridized carbons (Fsp3) is 0.538. The van der Waals surface area contributed by atoms with Gasteiger partial charge in [0.25, 0.3) is 0 Å². The summed E-state index contributed by atoms with van der Waals surface area (Å²) in [5.41, 5.74) is 7.88. The first-order valence-electron chi connectivity index (χ1n) is 5.85. The molecule has 2 N–H and O–H groups in total. The average Bonchev–Trinajstić information content (AvgIpc) is 2.79. The largest absolute Gasteiger partial charge is 0.399 e. The van der Waals surface area contributed by atoms with Crippen molar-refractivity contribution in [2.45, 2.75) is 12.8 Å². The van der Waals surface area contributed by atoms with Crippen molar-refractivity contribution in [2.75, 3.05) is 32.2 Å². The Morgan fingerprint density at radius 3 is 3.00 bits per heavy atom. The maximum absolute atomic E-state index is 5.85. The molecule has 2 rings (SSSR count). The Morgan fingerprint density at radius 2 is 2.25 bits per heavy atom. The van der Waals surface area contributed by atoms with Gasteiger partial charge in [-0.1, -0.05) is 18.2 Å². The van der Waals surface area contributed by atoms with Gasteiger partial charge in [0, 0.05) is 18.2 Å². The quantitative estimate of drug-likeness (QED) is 0.609. The van der Waals surface area contributed by atoms with Gasteiger partial charge in [-0.15, -0.1) is 0 Å². The van der Waals surface area contributed by atoms with Crippen molar-refractivity contribution in [3.05, 3.63) is 29.8 Å². The first-order valence-corrected chi connectivity index (χ1v) is 5.85. The summed E-state index contributed by atoms with van der Waals surface area (Å²) in [6.07, 6.45) is 2.02. The van der Waals surface area contributed by atoms with Crippen LogP contribution in [0.3, 0.4) is 0 Å². The molecule has 88 valence electrons. The van der Waals surface area contributed by atoms with E-state index in [4.69, 9.17) is 15.2 Å². The van der Waals surface area contributed by atoms with Gasteiger partial charge in [0.2, 0.25) is 0 Å². The number of nitrogen functional groups attached to an aromatic ring is 1. The highest BCUT2D eigenvalue weighted by molar-refractivity contribution is 5.46. The fourth-order valence-electron chi connectivity index (χ4n) is 1.91. The van der Waals surface area contributed by atoms with E-state index in [0.717, 1.165) is 45.0 Å². The molecule has 0 saturated carbocycles. The van der Waals surface area contributed by atoms with E-state index in [1.54, 1.807) is 0 Å². The van der Waals surface area contributed by atoms with Crippen molar-refractivity contribution in [3.63, 3.8) is 0 Å². The summed E-state index contributed by atoms with van der Waals surface area (Å²) in [5.74, 6) is 0.591. The first kappa shape index (κ1) is 11.4. The smallest absolute Gasteiger partial charge is 0.0517 e. The molecule has 1 atom stereocenters. The van der Waals surface area contributed by atoms with Crippen LogP contribution < -0.4 is 5.73 Å². The Kier molecular flexibility index (Phi) is 4.19. The summed E-state index contributed by atoms with van der Waals surface area (Å²) in [5, 5.41) is 0. The lowest BCUT2D eigenvalue weighted by Gasteiger charge is -2.09. The molecule has 1 saturated heterocycles. The van der Waals surface area contributed by atoms with Crippen LogP contribution in [0.25, 0.3) is 0 Å². The topological polar surface area (TPSA) is 44.5 Å². The second-order valence-corrected chi connectivity index (χ2v) is 4.25. The second kappa shape index (κ2) is 5.87. The van der Waals surface area contributed by atoms with Crippen molar-refractivity contribution in [1.82, 2.24) is 0 Å². The Hall–Kier alpha value is -1.06. The van der Waals surface area contributed by atoms with Crippen LogP contribution in [0, 0.1) is 5.92 Å². The number of rotatable bonds is 5. The summed E-state index contributed by atoms with van der Waals surface area (Å²) < 4.78 is 10.9. The zero-order chi connectivity index (χ0) is 11.2. The second-order valence-electron chi connectivity index (χ2n) is 4.25. The van der Waals surface area contributed by atoms with Gasteiger partial charge in [-0.05, 0) is 24.5 Å². The predicted molar refractivity (Wildman–Crippen MR) is 64.3 cm³/mol. The van der Waals surface area contributed by atoms with Crippen LogP contribution in [-0.4, -0.2) is 26.4 Å². The maximum Gasteiger partial charge on any atom is 0.0517 e. The molecule has 0 aromatic heterocycles. The summed E-state index contributed by atoms with van der Waals surface area (Å²) in [4.78, 5) is 0. The Bertz CT molecular complexity index is 321. The molecule has 1 aliphatic heterocycles. The maximum atomic E-state index is 5.85. The summed E-state index contributed by atoms with van der Waals surface area (Å²) in [6, 6.07) is 7.95. The number of hydrogen-bond acceptors (Lipinski definition) is 3. The Morgan fingerprint density at radius 1 is 1.38 bits per heavy atom. The molecule has 1 fully saturated rings. The highest BCUT2D eigenvalue weighted by Gasteiger charge is 2.15. The molecule has 1 aromatic carbocycles. The van der Waals surface area contributed by atoms with E-state index in [2.05, 4.69) is 6.07 Å². The van der Waals surface area contributed by atoms with E-state index in [1.807, 2.05) is 18.2 Å². The van der Waals surface area contributed by atoms with Gasteiger partial charge in [-0.25, -0.2) is 0 Å². The SMILES string of the molecule is Nc1ccccc1CCOCC1CCOC1. The third kappa shape index (κ3) is 3.22. The van der Waals surface area contributed by atoms with E-state index in [-0.39, 0.29) is 0 Å². The number of anilines is 1. The van der Waals surface area contributed by atoms with Crippen molar-refractivity contribution >= 4 is 5.69 Å². The minimum Gasteiger partial charge on any atom is -0.399 e. The van der Waals surface area contributed by atoms with Crippen molar-refractivity contribution < 1.29 is 9.47 Å². The number of ether oxygens (including phenoxy) is 2. The van der Waals surface area contributed by atoms with E-state index >= 15 is 0 Å². The summed E-state index contributed by atoms with van der Waals surface area (Å²) in [7, 11) is 0. The van der Waals surface area contributed by atoms with Gasteiger partial charge in [0.15, 0.2) is 0 Å². The minimum absolute atomic E-state index is 0.591.